The van der Waals surface area contributed by atoms with E-state index in [-0.39, 0.29) is 6.04 Å². The number of benzene rings is 1. The van der Waals surface area contributed by atoms with Crippen LogP contribution in [0.3, 0.4) is 0 Å². The Balaban J connectivity index is 2.52. The van der Waals surface area contributed by atoms with Crippen LogP contribution in [-0.2, 0) is 0 Å². The Morgan fingerprint density at radius 1 is 1.25 bits per heavy atom. The van der Waals surface area contributed by atoms with Crippen molar-refractivity contribution >= 4 is 15.9 Å². The van der Waals surface area contributed by atoms with Crippen LogP contribution in [0.1, 0.15) is 28.4 Å². The summed E-state index contributed by atoms with van der Waals surface area (Å²) in [6.07, 6.45) is 1.76. The number of ether oxygens (including phenoxy) is 1. The summed E-state index contributed by atoms with van der Waals surface area (Å²) in [5.41, 5.74) is 6.94. The Kier molecular flexibility index (Phi) is 4.75. The number of halogens is 1. The molecule has 1 aromatic heterocycles. The highest BCUT2D eigenvalue weighted by Gasteiger charge is 2.20. The summed E-state index contributed by atoms with van der Waals surface area (Å²) in [4.78, 5) is 4.41. The van der Waals surface area contributed by atoms with Gasteiger partial charge in [0, 0.05) is 16.2 Å². The van der Waals surface area contributed by atoms with E-state index >= 15 is 0 Å². The minimum atomic E-state index is -0.211. The van der Waals surface area contributed by atoms with Crippen molar-refractivity contribution in [1.29, 1.82) is 0 Å². The summed E-state index contributed by atoms with van der Waals surface area (Å²) in [6.45, 7) is 4.10. The molecule has 0 saturated heterocycles. The fourth-order valence-electron chi connectivity index (χ4n) is 2.20. The normalized spacial score (nSPS) is 12.2. The van der Waals surface area contributed by atoms with E-state index in [0.29, 0.717) is 0 Å². The van der Waals surface area contributed by atoms with Gasteiger partial charge in [-0.05, 0) is 53.0 Å². The van der Waals surface area contributed by atoms with Gasteiger partial charge in [-0.2, -0.15) is 0 Å². The van der Waals surface area contributed by atoms with Crippen LogP contribution in [0.15, 0.2) is 34.9 Å². The number of pyridine rings is 1. The molecule has 1 heterocycles. The quantitative estimate of drug-likeness (QED) is 0.666. The first-order valence-electron chi connectivity index (χ1n) is 6.30. The van der Waals surface area contributed by atoms with Gasteiger partial charge >= 0.3 is 0 Å². The summed E-state index contributed by atoms with van der Waals surface area (Å²) in [7, 11) is 1.67. The van der Waals surface area contributed by atoms with E-state index in [0.717, 1.165) is 27.0 Å². The third-order valence-electron chi connectivity index (χ3n) is 3.44. The van der Waals surface area contributed by atoms with Crippen LogP contribution in [0.25, 0.3) is 0 Å². The molecule has 3 N–H and O–H groups in total. The van der Waals surface area contributed by atoms with Gasteiger partial charge in [0.05, 0.1) is 18.8 Å². The summed E-state index contributed by atoms with van der Waals surface area (Å²) >= 11 is 3.38. The number of rotatable bonds is 4. The molecule has 1 atom stereocenters. The minimum Gasteiger partial charge on any atom is -0.496 e. The molecule has 0 aliphatic heterocycles. The molecule has 0 aliphatic carbocycles. The third kappa shape index (κ3) is 2.85. The van der Waals surface area contributed by atoms with Crippen molar-refractivity contribution in [2.75, 3.05) is 7.11 Å². The molecule has 106 valence electrons. The van der Waals surface area contributed by atoms with Gasteiger partial charge in [0.1, 0.15) is 5.75 Å². The summed E-state index contributed by atoms with van der Waals surface area (Å²) < 4.78 is 6.49. The van der Waals surface area contributed by atoms with Crippen LogP contribution in [0.2, 0.25) is 0 Å². The summed E-state index contributed by atoms with van der Waals surface area (Å²) in [6, 6.07) is 7.76. The second-order valence-corrected chi connectivity index (χ2v) is 5.55. The largest absolute Gasteiger partial charge is 0.496 e. The first-order valence-corrected chi connectivity index (χ1v) is 7.09. The molecule has 1 unspecified atom stereocenters. The predicted octanol–water partition coefficient (Wildman–Crippen LogP) is 3.02. The number of hydrogen-bond acceptors (Lipinski definition) is 4. The van der Waals surface area contributed by atoms with Gasteiger partial charge in [0.2, 0.25) is 0 Å². The van der Waals surface area contributed by atoms with E-state index in [9.17, 15) is 0 Å². The van der Waals surface area contributed by atoms with Crippen LogP contribution in [0, 0.1) is 13.8 Å². The molecule has 0 spiro atoms. The Labute approximate surface area is 127 Å². The lowest BCUT2D eigenvalue weighted by molar-refractivity contribution is 0.400. The monoisotopic (exact) mass is 335 g/mol. The predicted molar refractivity (Wildman–Crippen MR) is 83.6 cm³/mol. The van der Waals surface area contributed by atoms with Crippen LogP contribution < -0.4 is 16.0 Å². The molecule has 5 heteroatoms. The highest BCUT2D eigenvalue weighted by atomic mass is 79.9. The lowest BCUT2D eigenvalue weighted by Gasteiger charge is -2.21. The molecule has 2 aromatic rings. The smallest absolute Gasteiger partial charge is 0.127 e. The Hall–Kier alpha value is -1.43. The number of nitrogens with zero attached hydrogens (tertiary/aromatic N) is 1. The first kappa shape index (κ1) is 15.0. The van der Waals surface area contributed by atoms with Crippen molar-refractivity contribution in [2.24, 2.45) is 5.84 Å². The number of nitrogens with two attached hydrogens (primary N) is 1. The van der Waals surface area contributed by atoms with Crippen molar-refractivity contribution in [3.8, 4) is 5.75 Å². The van der Waals surface area contributed by atoms with Gasteiger partial charge in [0.25, 0.3) is 0 Å². The zero-order chi connectivity index (χ0) is 14.7. The lowest BCUT2D eigenvalue weighted by Crippen LogP contribution is -2.30. The van der Waals surface area contributed by atoms with E-state index in [1.807, 2.05) is 25.1 Å². The molecule has 0 aliphatic rings. The second kappa shape index (κ2) is 6.35. The lowest BCUT2D eigenvalue weighted by atomic mass is 9.97. The van der Waals surface area contributed by atoms with Crippen molar-refractivity contribution in [3.05, 3.63) is 57.3 Å². The molecule has 4 nitrogen and oxygen atoms in total. The zero-order valence-corrected chi connectivity index (χ0v) is 13.4. The molecule has 0 saturated carbocycles. The van der Waals surface area contributed by atoms with E-state index in [1.54, 1.807) is 13.3 Å². The van der Waals surface area contributed by atoms with Gasteiger partial charge < -0.3 is 4.74 Å². The topological polar surface area (TPSA) is 60.2 Å². The minimum absolute atomic E-state index is 0.211. The van der Waals surface area contributed by atoms with E-state index in [4.69, 9.17) is 10.6 Å². The number of aromatic nitrogens is 1. The molecule has 0 radical (unpaired) electrons. The van der Waals surface area contributed by atoms with E-state index < -0.39 is 0 Å². The van der Waals surface area contributed by atoms with Crippen molar-refractivity contribution in [1.82, 2.24) is 10.4 Å². The summed E-state index contributed by atoms with van der Waals surface area (Å²) in [5.74, 6) is 6.57. The third-order valence-corrected chi connectivity index (χ3v) is 3.90. The number of methoxy groups -OCH3 is 1. The van der Waals surface area contributed by atoms with Crippen LogP contribution in [0.5, 0.6) is 5.75 Å². The first-order chi connectivity index (χ1) is 9.58. The van der Waals surface area contributed by atoms with Gasteiger partial charge in [-0.3, -0.25) is 10.8 Å². The standard InChI is InChI=1S/C15H18BrN3O/c1-9-4-6-12(15(20-3)10(9)2)14(19-17)13-7-5-11(16)8-18-13/h4-8,14,19H,17H2,1-3H3. The maximum Gasteiger partial charge on any atom is 0.127 e. The molecular weight excluding hydrogens is 318 g/mol. The average molecular weight is 336 g/mol. The van der Waals surface area contributed by atoms with Crippen molar-refractivity contribution in [3.63, 3.8) is 0 Å². The van der Waals surface area contributed by atoms with Gasteiger partial charge in [0.15, 0.2) is 0 Å². The number of hydrazine groups is 1. The average Bonchev–Trinajstić information content (AvgIpc) is 2.45. The Morgan fingerprint density at radius 3 is 2.55 bits per heavy atom. The van der Waals surface area contributed by atoms with Crippen LogP contribution in [-0.4, -0.2) is 12.1 Å². The highest BCUT2D eigenvalue weighted by molar-refractivity contribution is 9.10. The maximum atomic E-state index is 5.73. The van der Waals surface area contributed by atoms with Crippen LogP contribution in [0.4, 0.5) is 0 Å². The fraction of sp³-hybridized carbons (Fsp3) is 0.267. The fourth-order valence-corrected chi connectivity index (χ4v) is 2.44. The summed E-state index contributed by atoms with van der Waals surface area (Å²) in [5, 5.41) is 0. The molecule has 0 fully saturated rings. The van der Waals surface area contributed by atoms with Crippen LogP contribution >= 0.6 is 15.9 Å². The molecule has 2 rings (SSSR count). The molecular formula is C15H18BrN3O. The van der Waals surface area contributed by atoms with Crippen molar-refractivity contribution < 1.29 is 4.74 Å². The van der Waals surface area contributed by atoms with Gasteiger partial charge in [-0.25, -0.2) is 5.43 Å². The molecule has 1 aromatic carbocycles. The SMILES string of the molecule is COc1c(C(NN)c2ccc(Br)cn2)ccc(C)c1C. The number of hydrogen-bond donors (Lipinski definition) is 2. The van der Waals surface area contributed by atoms with E-state index in [1.165, 1.54) is 5.56 Å². The zero-order valence-electron chi connectivity index (χ0n) is 11.8. The Morgan fingerprint density at radius 2 is 2.00 bits per heavy atom. The highest BCUT2D eigenvalue weighted by Crippen LogP contribution is 2.33. The number of aryl methyl sites for hydroxylation is 1. The van der Waals surface area contributed by atoms with E-state index in [2.05, 4.69) is 39.3 Å². The Bertz CT molecular complexity index is 599. The second-order valence-electron chi connectivity index (χ2n) is 4.63. The molecule has 0 bridgehead atoms. The molecule has 0 amide bonds. The van der Waals surface area contributed by atoms with Gasteiger partial charge in [-0.1, -0.05) is 12.1 Å². The molecule has 20 heavy (non-hydrogen) atoms. The number of nitrogens with one attached hydrogen (secondary N) is 1. The van der Waals surface area contributed by atoms with Gasteiger partial charge in [-0.15, -0.1) is 0 Å². The van der Waals surface area contributed by atoms with Crippen molar-refractivity contribution in [2.45, 2.75) is 19.9 Å². The maximum absolute atomic E-state index is 5.73.